The third-order valence-corrected chi connectivity index (χ3v) is 6.28. The molecule has 0 aromatic carbocycles. The average Bonchev–Trinajstić information content (AvgIpc) is 2.37. The molecular weight excluding hydrogens is 248 g/mol. The predicted octanol–water partition coefficient (Wildman–Crippen LogP) is 3.80. The molecule has 1 fully saturated rings. The van der Waals surface area contributed by atoms with E-state index in [0.717, 1.165) is 25.7 Å². The highest BCUT2D eigenvalue weighted by atomic mass is 16.3. The van der Waals surface area contributed by atoms with Crippen LogP contribution in [0, 0.1) is 16.2 Å². The molecule has 0 aliphatic heterocycles. The minimum atomic E-state index is -0.350. The molecule has 2 heteroatoms. The molecule has 0 aromatic heterocycles. The van der Waals surface area contributed by atoms with Crippen LogP contribution in [0.4, 0.5) is 0 Å². The van der Waals surface area contributed by atoms with Crippen LogP contribution >= 0.6 is 0 Å². The summed E-state index contributed by atoms with van der Waals surface area (Å²) in [7, 11) is 0. The minimum absolute atomic E-state index is 0.0359. The highest BCUT2D eigenvalue weighted by Gasteiger charge is 2.56. The normalized spacial score (nSPS) is 43.2. The van der Waals surface area contributed by atoms with Crippen LogP contribution in [0.25, 0.3) is 0 Å². The number of aliphatic hydroxyl groups is 1. The molecule has 0 aromatic rings. The zero-order valence-electron chi connectivity index (χ0n) is 13.1. The van der Waals surface area contributed by atoms with Crippen molar-refractivity contribution < 1.29 is 9.90 Å². The number of hydrogen-bond donors (Lipinski definition) is 1. The van der Waals surface area contributed by atoms with Crippen molar-refractivity contribution in [3.05, 3.63) is 23.3 Å². The molecule has 1 N–H and O–H groups in total. The van der Waals surface area contributed by atoms with Crippen molar-refractivity contribution in [1.29, 1.82) is 0 Å². The second-order valence-corrected chi connectivity index (χ2v) is 7.83. The van der Waals surface area contributed by atoms with Crippen molar-refractivity contribution >= 4 is 5.78 Å². The van der Waals surface area contributed by atoms with E-state index in [1.165, 1.54) is 11.1 Å². The molecule has 2 nitrogen and oxygen atoms in total. The van der Waals surface area contributed by atoms with Gasteiger partial charge in [-0.2, -0.15) is 0 Å². The first kappa shape index (κ1) is 14.1. The van der Waals surface area contributed by atoms with E-state index in [0.29, 0.717) is 12.2 Å². The van der Waals surface area contributed by atoms with Gasteiger partial charge in [0, 0.05) is 22.7 Å². The van der Waals surface area contributed by atoms with Gasteiger partial charge in [-0.3, -0.25) is 4.79 Å². The van der Waals surface area contributed by atoms with E-state index < -0.39 is 0 Å². The Morgan fingerprint density at radius 3 is 2.55 bits per heavy atom. The lowest BCUT2D eigenvalue weighted by molar-refractivity contribution is -0.128. The quantitative estimate of drug-likeness (QED) is 0.682. The molecular formula is C18H26O2. The van der Waals surface area contributed by atoms with Gasteiger partial charge < -0.3 is 5.11 Å². The lowest BCUT2D eigenvalue weighted by Crippen LogP contribution is -2.51. The number of rotatable bonds is 0. The largest absolute Gasteiger partial charge is 0.392 e. The molecule has 3 aliphatic rings. The van der Waals surface area contributed by atoms with E-state index in [1.807, 2.05) is 0 Å². The maximum Gasteiger partial charge on any atom is 0.142 e. The number of carbonyl (C=O) groups is 1. The van der Waals surface area contributed by atoms with Crippen molar-refractivity contribution in [3.63, 3.8) is 0 Å². The number of aliphatic hydroxyl groups excluding tert-OH is 1. The van der Waals surface area contributed by atoms with Gasteiger partial charge in [0.25, 0.3) is 0 Å². The Morgan fingerprint density at radius 1 is 1.15 bits per heavy atom. The van der Waals surface area contributed by atoms with Crippen LogP contribution in [0.5, 0.6) is 0 Å². The second-order valence-electron chi connectivity index (χ2n) is 7.83. The number of hydrogen-bond acceptors (Lipinski definition) is 2. The highest BCUT2D eigenvalue weighted by Crippen LogP contribution is 2.62. The summed E-state index contributed by atoms with van der Waals surface area (Å²) < 4.78 is 0. The lowest BCUT2D eigenvalue weighted by atomic mass is 9.48. The Kier molecular flexibility index (Phi) is 2.86. The van der Waals surface area contributed by atoms with Gasteiger partial charge in [-0.25, -0.2) is 0 Å². The van der Waals surface area contributed by atoms with Crippen LogP contribution in [0.1, 0.15) is 59.8 Å². The minimum Gasteiger partial charge on any atom is -0.392 e. The van der Waals surface area contributed by atoms with Crippen molar-refractivity contribution in [2.45, 2.75) is 65.9 Å². The summed E-state index contributed by atoms with van der Waals surface area (Å²) in [6, 6.07) is 0. The summed E-state index contributed by atoms with van der Waals surface area (Å²) in [5, 5.41) is 10.5. The standard InChI is InChI=1S/C18H26O2/c1-16(2)12-8-10-18(4)13(6-5-7-15(18)20)17(12,3)11-9-14(16)19/h6,8,15,20H,5,7,9-11H2,1-4H3/t15-,17+,18-/m1/s1. The molecule has 3 atom stereocenters. The Morgan fingerprint density at radius 2 is 1.85 bits per heavy atom. The first-order chi connectivity index (χ1) is 9.23. The molecule has 0 bridgehead atoms. The van der Waals surface area contributed by atoms with Crippen molar-refractivity contribution in [3.8, 4) is 0 Å². The van der Waals surface area contributed by atoms with Gasteiger partial charge >= 0.3 is 0 Å². The summed E-state index contributed by atoms with van der Waals surface area (Å²) in [6.45, 7) is 8.63. The van der Waals surface area contributed by atoms with Gasteiger partial charge in [0.05, 0.1) is 6.10 Å². The third-order valence-electron chi connectivity index (χ3n) is 6.28. The van der Waals surface area contributed by atoms with Gasteiger partial charge in [0.15, 0.2) is 0 Å². The molecule has 0 heterocycles. The molecule has 20 heavy (non-hydrogen) atoms. The Balaban J connectivity index is 2.17. The van der Waals surface area contributed by atoms with Crippen LogP contribution in [0.2, 0.25) is 0 Å². The Labute approximate surface area is 122 Å². The van der Waals surface area contributed by atoms with Crippen molar-refractivity contribution in [1.82, 2.24) is 0 Å². The monoisotopic (exact) mass is 274 g/mol. The average molecular weight is 274 g/mol. The first-order valence-electron chi connectivity index (χ1n) is 7.86. The van der Waals surface area contributed by atoms with E-state index >= 15 is 0 Å². The summed E-state index contributed by atoms with van der Waals surface area (Å²) in [6.07, 6.45) is 8.61. The van der Waals surface area contributed by atoms with E-state index in [-0.39, 0.29) is 22.3 Å². The van der Waals surface area contributed by atoms with Gasteiger partial charge in [0.2, 0.25) is 0 Å². The molecule has 0 saturated heterocycles. The van der Waals surface area contributed by atoms with Crippen LogP contribution in [0.15, 0.2) is 23.3 Å². The van der Waals surface area contributed by atoms with Crippen LogP contribution in [-0.4, -0.2) is 17.0 Å². The summed E-state index contributed by atoms with van der Waals surface area (Å²) in [5.41, 5.74) is 2.16. The molecule has 0 unspecified atom stereocenters. The number of carbonyl (C=O) groups excluding carboxylic acids is 1. The molecule has 0 spiro atoms. The molecule has 3 aliphatic carbocycles. The van der Waals surface area contributed by atoms with Crippen molar-refractivity contribution in [2.24, 2.45) is 16.2 Å². The number of ketones is 1. The number of Topliss-reactive ketones (excluding diaryl/α,β-unsaturated/α-hetero) is 1. The first-order valence-corrected chi connectivity index (χ1v) is 7.86. The fourth-order valence-corrected chi connectivity index (χ4v) is 4.94. The zero-order valence-corrected chi connectivity index (χ0v) is 13.1. The van der Waals surface area contributed by atoms with E-state index in [1.54, 1.807) is 0 Å². The van der Waals surface area contributed by atoms with Crippen LogP contribution in [0.3, 0.4) is 0 Å². The zero-order chi connectivity index (χ0) is 14.8. The van der Waals surface area contributed by atoms with Gasteiger partial charge in [-0.15, -0.1) is 0 Å². The third kappa shape index (κ3) is 1.57. The fourth-order valence-electron chi connectivity index (χ4n) is 4.94. The predicted molar refractivity (Wildman–Crippen MR) is 80.3 cm³/mol. The fraction of sp³-hybridized carbons (Fsp3) is 0.722. The highest BCUT2D eigenvalue weighted by molar-refractivity contribution is 5.89. The maximum atomic E-state index is 12.3. The molecule has 0 radical (unpaired) electrons. The topological polar surface area (TPSA) is 37.3 Å². The van der Waals surface area contributed by atoms with Crippen LogP contribution in [-0.2, 0) is 4.79 Å². The van der Waals surface area contributed by atoms with Gasteiger partial charge in [-0.1, -0.05) is 37.1 Å². The molecule has 110 valence electrons. The summed E-state index contributed by atoms with van der Waals surface area (Å²) in [4.78, 5) is 12.3. The van der Waals surface area contributed by atoms with Crippen LogP contribution < -0.4 is 0 Å². The second kappa shape index (κ2) is 4.07. The summed E-state index contributed by atoms with van der Waals surface area (Å²) >= 11 is 0. The van der Waals surface area contributed by atoms with E-state index in [4.69, 9.17) is 0 Å². The van der Waals surface area contributed by atoms with Crippen molar-refractivity contribution in [2.75, 3.05) is 0 Å². The lowest BCUT2D eigenvalue weighted by Gasteiger charge is -2.56. The van der Waals surface area contributed by atoms with E-state index in [2.05, 4.69) is 39.8 Å². The maximum absolute atomic E-state index is 12.3. The van der Waals surface area contributed by atoms with E-state index in [9.17, 15) is 9.90 Å². The number of allylic oxidation sites excluding steroid dienone is 3. The van der Waals surface area contributed by atoms with Gasteiger partial charge in [-0.05, 0) is 39.5 Å². The van der Waals surface area contributed by atoms with Gasteiger partial charge in [0.1, 0.15) is 5.78 Å². The smallest absolute Gasteiger partial charge is 0.142 e. The Hall–Kier alpha value is -0.890. The molecule has 0 amide bonds. The molecule has 3 rings (SSSR count). The Bertz CT molecular complexity index is 526. The number of fused-ring (bicyclic) bond motifs is 3. The SMILES string of the molecule is CC1(C)C(=O)CC[C@@]2(C)C1=CC[C@]1(C)C2=CCC[C@H]1O. The molecule has 1 saturated carbocycles. The summed E-state index contributed by atoms with van der Waals surface area (Å²) in [5.74, 6) is 0.363.